The van der Waals surface area contributed by atoms with Gasteiger partial charge in [0.15, 0.2) is 0 Å². The standard InChI is InChI=1S/C12H18IN3/c1-6(2)4-9-10(13)11(14)16-12(15-9)8-5-7(8)3/h6-8H,4-5H2,1-3H3,(H2,14,15,16). The average molecular weight is 331 g/mol. The topological polar surface area (TPSA) is 51.8 Å². The second-order valence-electron chi connectivity index (χ2n) is 5.15. The number of anilines is 1. The van der Waals surface area contributed by atoms with Crippen LogP contribution in [-0.2, 0) is 6.42 Å². The summed E-state index contributed by atoms with van der Waals surface area (Å²) in [5.41, 5.74) is 7.07. The summed E-state index contributed by atoms with van der Waals surface area (Å²) < 4.78 is 1.03. The summed E-state index contributed by atoms with van der Waals surface area (Å²) in [6.45, 7) is 6.64. The molecule has 2 N–H and O–H groups in total. The summed E-state index contributed by atoms with van der Waals surface area (Å²) in [6, 6.07) is 0. The van der Waals surface area contributed by atoms with Gasteiger partial charge in [-0.05, 0) is 47.3 Å². The first kappa shape index (κ1) is 12.1. The number of hydrogen-bond acceptors (Lipinski definition) is 3. The predicted octanol–water partition coefficient (Wildman–Crippen LogP) is 2.99. The van der Waals surface area contributed by atoms with Gasteiger partial charge in [-0.3, -0.25) is 0 Å². The molecular formula is C12H18IN3. The first-order chi connectivity index (χ1) is 7.49. The molecule has 1 aliphatic carbocycles. The van der Waals surface area contributed by atoms with E-state index in [0.29, 0.717) is 17.7 Å². The van der Waals surface area contributed by atoms with Gasteiger partial charge in [-0.15, -0.1) is 0 Å². The second-order valence-corrected chi connectivity index (χ2v) is 6.22. The van der Waals surface area contributed by atoms with E-state index in [1.54, 1.807) is 0 Å². The molecule has 1 saturated carbocycles. The van der Waals surface area contributed by atoms with Crippen LogP contribution in [0.2, 0.25) is 0 Å². The van der Waals surface area contributed by atoms with Crippen molar-refractivity contribution in [3.63, 3.8) is 0 Å². The summed E-state index contributed by atoms with van der Waals surface area (Å²) >= 11 is 2.25. The zero-order chi connectivity index (χ0) is 11.9. The lowest BCUT2D eigenvalue weighted by Gasteiger charge is -2.10. The molecule has 0 bridgehead atoms. The number of aromatic nitrogens is 2. The maximum Gasteiger partial charge on any atom is 0.140 e. The molecule has 2 atom stereocenters. The predicted molar refractivity (Wildman–Crippen MR) is 74.2 cm³/mol. The minimum absolute atomic E-state index is 0.546. The molecule has 3 nitrogen and oxygen atoms in total. The van der Waals surface area contributed by atoms with Crippen LogP contribution in [0.25, 0.3) is 0 Å². The van der Waals surface area contributed by atoms with Gasteiger partial charge >= 0.3 is 0 Å². The SMILES string of the molecule is CC(C)Cc1nc(C2CC2C)nc(N)c1I. The number of nitrogen functional groups attached to an aromatic ring is 1. The summed E-state index contributed by atoms with van der Waals surface area (Å²) in [5.74, 6) is 3.49. The third kappa shape index (κ3) is 2.47. The van der Waals surface area contributed by atoms with E-state index in [2.05, 4.69) is 53.3 Å². The molecule has 0 spiro atoms. The van der Waals surface area contributed by atoms with E-state index < -0.39 is 0 Å². The minimum Gasteiger partial charge on any atom is -0.383 e. The van der Waals surface area contributed by atoms with Crippen LogP contribution in [0.5, 0.6) is 0 Å². The van der Waals surface area contributed by atoms with Crippen LogP contribution in [0.4, 0.5) is 5.82 Å². The number of nitrogens with two attached hydrogens (primary N) is 1. The third-order valence-electron chi connectivity index (χ3n) is 3.01. The molecule has 1 heterocycles. The Morgan fingerprint density at radius 2 is 2.06 bits per heavy atom. The number of halogens is 1. The van der Waals surface area contributed by atoms with Gasteiger partial charge in [-0.2, -0.15) is 0 Å². The fourth-order valence-electron chi connectivity index (χ4n) is 1.90. The second kappa shape index (κ2) is 4.47. The van der Waals surface area contributed by atoms with E-state index in [0.717, 1.165) is 27.4 Å². The molecule has 4 heteroatoms. The molecule has 0 saturated heterocycles. The molecule has 88 valence electrons. The fourth-order valence-corrected chi connectivity index (χ4v) is 2.36. The van der Waals surface area contributed by atoms with Crippen molar-refractivity contribution in [2.45, 2.75) is 39.5 Å². The normalized spacial score (nSPS) is 23.8. The molecule has 1 fully saturated rings. The molecule has 0 aliphatic heterocycles. The highest BCUT2D eigenvalue weighted by molar-refractivity contribution is 14.1. The Balaban J connectivity index is 2.31. The minimum atomic E-state index is 0.546. The van der Waals surface area contributed by atoms with Crippen molar-refractivity contribution in [1.82, 2.24) is 9.97 Å². The van der Waals surface area contributed by atoms with Crippen molar-refractivity contribution in [2.75, 3.05) is 5.73 Å². The van der Waals surface area contributed by atoms with Crippen molar-refractivity contribution in [1.29, 1.82) is 0 Å². The zero-order valence-electron chi connectivity index (χ0n) is 10.00. The number of hydrogen-bond donors (Lipinski definition) is 1. The molecular weight excluding hydrogens is 313 g/mol. The smallest absolute Gasteiger partial charge is 0.140 e. The highest BCUT2D eigenvalue weighted by atomic mass is 127. The van der Waals surface area contributed by atoms with E-state index >= 15 is 0 Å². The van der Waals surface area contributed by atoms with Crippen LogP contribution < -0.4 is 5.73 Å². The maximum absolute atomic E-state index is 5.95. The molecule has 1 aliphatic rings. The van der Waals surface area contributed by atoms with Crippen molar-refractivity contribution >= 4 is 28.4 Å². The van der Waals surface area contributed by atoms with E-state index in [1.165, 1.54) is 6.42 Å². The van der Waals surface area contributed by atoms with Gasteiger partial charge in [-0.1, -0.05) is 20.8 Å². The van der Waals surface area contributed by atoms with Gasteiger partial charge in [0.1, 0.15) is 11.6 Å². The van der Waals surface area contributed by atoms with Gasteiger partial charge in [-0.25, -0.2) is 9.97 Å². The summed E-state index contributed by atoms with van der Waals surface area (Å²) in [5, 5.41) is 0. The van der Waals surface area contributed by atoms with Crippen LogP contribution >= 0.6 is 22.6 Å². The lowest BCUT2D eigenvalue weighted by atomic mass is 10.1. The number of rotatable bonds is 3. The van der Waals surface area contributed by atoms with Gasteiger partial charge in [0.25, 0.3) is 0 Å². The van der Waals surface area contributed by atoms with E-state index in [1.807, 2.05) is 0 Å². The van der Waals surface area contributed by atoms with Crippen molar-refractivity contribution < 1.29 is 0 Å². The third-order valence-corrected chi connectivity index (χ3v) is 4.18. The van der Waals surface area contributed by atoms with Crippen LogP contribution in [-0.4, -0.2) is 9.97 Å². The molecule has 2 unspecified atom stereocenters. The summed E-state index contributed by atoms with van der Waals surface area (Å²) in [7, 11) is 0. The Labute approximate surface area is 110 Å². The Morgan fingerprint density at radius 3 is 2.56 bits per heavy atom. The Morgan fingerprint density at radius 1 is 1.44 bits per heavy atom. The molecule has 0 aromatic carbocycles. The van der Waals surface area contributed by atoms with Gasteiger partial charge < -0.3 is 5.73 Å². The lowest BCUT2D eigenvalue weighted by molar-refractivity contribution is 0.627. The van der Waals surface area contributed by atoms with Crippen LogP contribution in [0.1, 0.15) is 44.6 Å². The van der Waals surface area contributed by atoms with Crippen molar-refractivity contribution in [3.8, 4) is 0 Å². The first-order valence-corrected chi connectivity index (χ1v) is 6.88. The van der Waals surface area contributed by atoms with E-state index in [4.69, 9.17) is 5.73 Å². The maximum atomic E-state index is 5.95. The summed E-state index contributed by atoms with van der Waals surface area (Å²) in [6.07, 6.45) is 2.19. The number of nitrogens with zero attached hydrogens (tertiary/aromatic N) is 2. The molecule has 0 radical (unpaired) electrons. The summed E-state index contributed by atoms with van der Waals surface area (Å²) in [4.78, 5) is 9.10. The quantitative estimate of drug-likeness (QED) is 0.867. The van der Waals surface area contributed by atoms with Crippen molar-refractivity contribution in [2.24, 2.45) is 11.8 Å². The first-order valence-electron chi connectivity index (χ1n) is 5.80. The lowest BCUT2D eigenvalue weighted by Crippen LogP contribution is -2.09. The van der Waals surface area contributed by atoms with E-state index in [9.17, 15) is 0 Å². The van der Waals surface area contributed by atoms with Gasteiger partial charge in [0, 0.05) is 5.92 Å². The largest absolute Gasteiger partial charge is 0.383 e. The fraction of sp³-hybridized carbons (Fsp3) is 0.667. The molecule has 16 heavy (non-hydrogen) atoms. The van der Waals surface area contributed by atoms with Crippen molar-refractivity contribution in [3.05, 3.63) is 15.1 Å². The van der Waals surface area contributed by atoms with Crippen LogP contribution in [0.3, 0.4) is 0 Å². The monoisotopic (exact) mass is 331 g/mol. The zero-order valence-corrected chi connectivity index (χ0v) is 12.2. The van der Waals surface area contributed by atoms with Gasteiger partial charge in [0.2, 0.25) is 0 Å². The average Bonchev–Trinajstić information content (AvgIpc) is 2.89. The van der Waals surface area contributed by atoms with E-state index in [-0.39, 0.29) is 0 Å². The van der Waals surface area contributed by atoms with Crippen LogP contribution in [0.15, 0.2) is 0 Å². The highest BCUT2D eigenvalue weighted by Crippen LogP contribution is 2.45. The van der Waals surface area contributed by atoms with Gasteiger partial charge in [0.05, 0.1) is 9.26 Å². The molecule has 2 rings (SSSR count). The Kier molecular flexibility index (Phi) is 3.37. The molecule has 0 amide bonds. The Hall–Kier alpha value is -0.390. The Bertz CT molecular complexity index is 403. The highest BCUT2D eigenvalue weighted by Gasteiger charge is 2.37. The van der Waals surface area contributed by atoms with Crippen LogP contribution in [0, 0.1) is 15.4 Å². The molecule has 1 aromatic heterocycles. The molecule has 1 aromatic rings.